The summed E-state index contributed by atoms with van der Waals surface area (Å²) in [6.07, 6.45) is -0.0269. The highest BCUT2D eigenvalue weighted by Crippen LogP contribution is 2.56. The Kier molecular flexibility index (Phi) is 2.54. The lowest BCUT2D eigenvalue weighted by molar-refractivity contribution is -0.121. The topological polar surface area (TPSA) is 89.3 Å². The molecule has 1 aromatic heterocycles. The summed E-state index contributed by atoms with van der Waals surface area (Å²) in [5.41, 5.74) is 10.2. The number of hydrogen-bond donors (Lipinski definition) is 3. The quantitative estimate of drug-likeness (QED) is 0.664. The van der Waals surface area contributed by atoms with Gasteiger partial charge in [0.2, 0.25) is 5.91 Å². The molecule has 2 rings (SSSR count). The third kappa shape index (κ3) is 1.47. The smallest absolute Gasteiger partial charge is 0.229 e. The van der Waals surface area contributed by atoms with E-state index in [9.17, 15) is 9.90 Å². The first kappa shape index (κ1) is 10.6. The summed E-state index contributed by atoms with van der Waals surface area (Å²) in [5.74, 6) is -0.471. The van der Waals surface area contributed by atoms with Crippen molar-refractivity contribution in [3.05, 3.63) is 22.4 Å². The van der Waals surface area contributed by atoms with Crippen LogP contribution in [-0.4, -0.2) is 23.7 Å². The van der Waals surface area contributed by atoms with Gasteiger partial charge in [-0.2, -0.15) is 0 Å². The van der Waals surface area contributed by atoms with Crippen molar-refractivity contribution in [2.24, 2.45) is 17.4 Å². The number of nitrogens with two attached hydrogens (primary N) is 2. The molecule has 5 N–H and O–H groups in total. The van der Waals surface area contributed by atoms with E-state index < -0.39 is 11.5 Å². The zero-order valence-electron chi connectivity index (χ0n) is 8.22. The van der Waals surface area contributed by atoms with E-state index in [0.717, 1.165) is 4.88 Å². The predicted molar refractivity (Wildman–Crippen MR) is 58.4 cm³/mol. The van der Waals surface area contributed by atoms with Gasteiger partial charge in [0, 0.05) is 17.3 Å². The van der Waals surface area contributed by atoms with Gasteiger partial charge in [-0.25, -0.2) is 0 Å². The van der Waals surface area contributed by atoms with E-state index >= 15 is 0 Å². The molecule has 4 nitrogen and oxygen atoms in total. The first-order valence-electron chi connectivity index (χ1n) is 4.85. The molecule has 5 heteroatoms. The number of carbonyl (C=O) groups excluding carboxylic acids is 1. The van der Waals surface area contributed by atoms with Crippen molar-refractivity contribution in [2.75, 3.05) is 6.54 Å². The molecule has 1 aromatic rings. The summed E-state index contributed by atoms with van der Waals surface area (Å²) in [5, 5.41) is 11.6. The minimum atomic E-state index is -0.660. The minimum Gasteiger partial charge on any atom is -0.391 e. The highest BCUT2D eigenvalue weighted by molar-refractivity contribution is 7.10. The molecule has 1 saturated carbocycles. The Labute approximate surface area is 91.9 Å². The van der Waals surface area contributed by atoms with E-state index in [1.165, 1.54) is 11.3 Å². The number of primary amides is 1. The predicted octanol–water partition coefficient (Wildman–Crippen LogP) is -0.189. The van der Waals surface area contributed by atoms with Crippen LogP contribution in [-0.2, 0) is 10.2 Å². The van der Waals surface area contributed by atoms with Crippen molar-refractivity contribution in [1.29, 1.82) is 0 Å². The third-order valence-electron chi connectivity index (χ3n) is 3.12. The van der Waals surface area contributed by atoms with Gasteiger partial charge in [-0.3, -0.25) is 4.79 Å². The van der Waals surface area contributed by atoms with Crippen LogP contribution in [0.3, 0.4) is 0 Å². The molecule has 15 heavy (non-hydrogen) atoms. The molecule has 0 aliphatic heterocycles. The number of carbonyl (C=O) groups is 1. The monoisotopic (exact) mass is 226 g/mol. The Morgan fingerprint density at radius 3 is 3.00 bits per heavy atom. The van der Waals surface area contributed by atoms with Crippen LogP contribution in [0, 0.1) is 5.92 Å². The van der Waals surface area contributed by atoms with Gasteiger partial charge in [0.15, 0.2) is 0 Å². The maximum Gasteiger partial charge on any atom is 0.229 e. The van der Waals surface area contributed by atoms with Gasteiger partial charge in [0.05, 0.1) is 11.5 Å². The third-order valence-corrected chi connectivity index (χ3v) is 4.17. The Morgan fingerprint density at radius 1 is 1.80 bits per heavy atom. The normalized spacial score (nSPS) is 31.2. The summed E-state index contributed by atoms with van der Waals surface area (Å²) < 4.78 is 0. The van der Waals surface area contributed by atoms with Gasteiger partial charge in [-0.15, -0.1) is 11.3 Å². The van der Waals surface area contributed by atoms with Gasteiger partial charge in [-0.1, -0.05) is 6.07 Å². The Morgan fingerprint density at radius 2 is 2.53 bits per heavy atom. The number of hydrogen-bond acceptors (Lipinski definition) is 4. The number of thiophene rings is 1. The van der Waals surface area contributed by atoms with Gasteiger partial charge in [-0.05, 0) is 17.9 Å². The standard InChI is InChI=1S/C10H14N2O2S/c11-5-7(13)6-4-10(6,9(12)14)8-2-1-3-15-8/h1-3,6-7,13H,4-5,11H2,(H2,12,14)/t6-,7-,10-/m0/s1. The van der Waals surface area contributed by atoms with Gasteiger partial charge >= 0.3 is 0 Å². The first-order valence-corrected chi connectivity index (χ1v) is 5.73. The van der Waals surface area contributed by atoms with Crippen molar-refractivity contribution >= 4 is 17.2 Å². The average Bonchev–Trinajstić information content (AvgIpc) is 2.75. The van der Waals surface area contributed by atoms with Crippen molar-refractivity contribution in [3.63, 3.8) is 0 Å². The summed E-state index contributed by atoms with van der Waals surface area (Å²) >= 11 is 1.50. The second-order valence-electron chi connectivity index (χ2n) is 3.93. The van der Waals surface area contributed by atoms with Crippen LogP contribution in [0.1, 0.15) is 11.3 Å². The van der Waals surface area contributed by atoms with E-state index in [4.69, 9.17) is 11.5 Å². The lowest BCUT2D eigenvalue weighted by Gasteiger charge is -2.14. The molecule has 1 heterocycles. The molecule has 0 spiro atoms. The van der Waals surface area contributed by atoms with Gasteiger partial charge < -0.3 is 16.6 Å². The molecular weight excluding hydrogens is 212 g/mol. The fraction of sp³-hybridized carbons (Fsp3) is 0.500. The second kappa shape index (κ2) is 3.59. The van der Waals surface area contributed by atoms with Crippen LogP contribution < -0.4 is 11.5 Å². The van der Waals surface area contributed by atoms with E-state index in [-0.39, 0.29) is 18.4 Å². The summed E-state index contributed by atoms with van der Waals surface area (Å²) in [6.45, 7) is 0.172. The van der Waals surface area contributed by atoms with E-state index in [1.54, 1.807) is 0 Å². The highest BCUT2D eigenvalue weighted by atomic mass is 32.1. The fourth-order valence-electron chi connectivity index (χ4n) is 2.14. The maximum absolute atomic E-state index is 11.5. The van der Waals surface area contributed by atoms with Gasteiger partial charge in [0.25, 0.3) is 0 Å². The molecule has 1 fully saturated rings. The average molecular weight is 226 g/mol. The SMILES string of the molecule is NC[C@H](O)[C@@H]1C[C@@]1(C(N)=O)c1cccs1. The van der Waals surface area contributed by atoms with Crippen molar-refractivity contribution in [2.45, 2.75) is 17.9 Å². The Bertz CT molecular complexity index is 366. The molecule has 1 amide bonds. The molecule has 0 unspecified atom stereocenters. The van der Waals surface area contributed by atoms with Crippen LogP contribution in [0.4, 0.5) is 0 Å². The van der Waals surface area contributed by atoms with Crippen LogP contribution in [0.5, 0.6) is 0 Å². The summed E-state index contributed by atoms with van der Waals surface area (Å²) in [7, 11) is 0. The largest absolute Gasteiger partial charge is 0.391 e. The molecule has 82 valence electrons. The Balaban J connectivity index is 2.28. The molecule has 0 radical (unpaired) electrons. The minimum absolute atomic E-state index is 0.112. The first-order chi connectivity index (χ1) is 7.13. The molecular formula is C10H14N2O2S. The summed E-state index contributed by atoms with van der Waals surface area (Å²) in [6, 6.07) is 3.77. The van der Waals surface area contributed by atoms with E-state index in [0.29, 0.717) is 6.42 Å². The maximum atomic E-state index is 11.5. The van der Waals surface area contributed by atoms with E-state index in [2.05, 4.69) is 0 Å². The lowest BCUT2D eigenvalue weighted by Crippen LogP contribution is -2.34. The van der Waals surface area contributed by atoms with Crippen molar-refractivity contribution in [1.82, 2.24) is 0 Å². The molecule has 1 aliphatic carbocycles. The number of amides is 1. The van der Waals surface area contributed by atoms with Crippen LogP contribution in [0.25, 0.3) is 0 Å². The van der Waals surface area contributed by atoms with Crippen LogP contribution in [0.2, 0.25) is 0 Å². The van der Waals surface area contributed by atoms with Crippen molar-refractivity contribution < 1.29 is 9.90 Å². The second-order valence-corrected chi connectivity index (χ2v) is 4.87. The highest BCUT2D eigenvalue weighted by Gasteiger charge is 2.63. The fourth-order valence-corrected chi connectivity index (χ4v) is 3.14. The molecule has 1 aliphatic rings. The van der Waals surface area contributed by atoms with Crippen LogP contribution in [0.15, 0.2) is 17.5 Å². The number of rotatable bonds is 4. The van der Waals surface area contributed by atoms with Gasteiger partial charge in [0.1, 0.15) is 0 Å². The van der Waals surface area contributed by atoms with E-state index in [1.807, 2.05) is 17.5 Å². The lowest BCUT2D eigenvalue weighted by atomic mass is 9.98. The Hall–Kier alpha value is -0.910. The number of aliphatic hydroxyl groups excluding tert-OH is 1. The van der Waals surface area contributed by atoms with Crippen LogP contribution >= 0.6 is 11.3 Å². The zero-order chi connectivity index (χ0) is 11.1. The zero-order valence-corrected chi connectivity index (χ0v) is 9.04. The summed E-state index contributed by atoms with van der Waals surface area (Å²) in [4.78, 5) is 12.4. The van der Waals surface area contributed by atoms with Crippen molar-refractivity contribution in [3.8, 4) is 0 Å². The molecule has 0 bridgehead atoms. The molecule has 3 atom stereocenters. The number of aliphatic hydroxyl groups is 1. The molecule has 0 saturated heterocycles. The molecule has 0 aromatic carbocycles.